The SMILES string of the molecule is CN(C)C(C#N)Cc1ccc(C(C)(C)C)cc1. The molecule has 0 saturated heterocycles. The summed E-state index contributed by atoms with van der Waals surface area (Å²) in [4.78, 5) is 1.96. The normalized spacial score (nSPS) is 13.5. The van der Waals surface area contributed by atoms with Crippen molar-refractivity contribution < 1.29 is 0 Å². The minimum absolute atomic E-state index is 0.0458. The van der Waals surface area contributed by atoms with Gasteiger partial charge in [-0.2, -0.15) is 5.26 Å². The van der Waals surface area contributed by atoms with Crippen LogP contribution in [0.2, 0.25) is 0 Å². The largest absolute Gasteiger partial charge is 0.294 e. The van der Waals surface area contributed by atoms with Gasteiger partial charge in [-0.3, -0.25) is 4.90 Å². The van der Waals surface area contributed by atoms with Crippen molar-refractivity contribution in [2.75, 3.05) is 14.1 Å². The monoisotopic (exact) mass is 230 g/mol. The fourth-order valence-corrected chi connectivity index (χ4v) is 1.71. The highest BCUT2D eigenvalue weighted by molar-refractivity contribution is 5.28. The van der Waals surface area contributed by atoms with Gasteiger partial charge in [0.1, 0.15) is 6.04 Å². The molecule has 0 aliphatic heterocycles. The third-order valence-electron chi connectivity index (χ3n) is 3.02. The Labute approximate surface area is 105 Å². The first kappa shape index (κ1) is 13.7. The molecule has 1 rings (SSSR count). The van der Waals surface area contributed by atoms with Crippen molar-refractivity contribution in [3.63, 3.8) is 0 Å². The summed E-state index contributed by atoms with van der Waals surface area (Å²) in [6.07, 6.45) is 0.786. The molecule has 0 spiro atoms. The Kier molecular flexibility index (Phi) is 4.31. The van der Waals surface area contributed by atoms with Crippen LogP contribution < -0.4 is 0 Å². The second kappa shape index (κ2) is 5.33. The summed E-state index contributed by atoms with van der Waals surface area (Å²) in [5.41, 5.74) is 2.74. The number of benzene rings is 1. The van der Waals surface area contributed by atoms with Crippen LogP contribution in [0.25, 0.3) is 0 Å². The minimum atomic E-state index is -0.0458. The van der Waals surface area contributed by atoms with E-state index in [-0.39, 0.29) is 11.5 Å². The number of rotatable bonds is 3. The van der Waals surface area contributed by atoms with Gasteiger partial charge in [0.2, 0.25) is 0 Å². The molecule has 0 bridgehead atoms. The molecule has 0 aromatic heterocycles. The van der Waals surface area contributed by atoms with E-state index >= 15 is 0 Å². The van der Waals surface area contributed by atoms with Gasteiger partial charge >= 0.3 is 0 Å². The van der Waals surface area contributed by atoms with Crippen LogP contribution in [-0.4, -0.2) is 25.0 Å². The Morgan fingerprint density at radius 1 is 1.18 bits per heavy atom. The first-order valence-electron chi connectivity index (χ1n) is 6.00. The zero-order valence-corrected chi connectivity index (χ0v) is 11.5. The first-order chi connectivity index (χ1) is 7.84. The summed E-state index contributed by atoms with van der Waals surface area (Å²) in [6, 6.07) is 10.9. The van der Waals surface area contributed by atoms with Crippen molar-refractivity contribution in [3.05, 3.63) is 35.4 Å². The van der Waals surface area contributed by atoms with Crippen LogP contribution in [0.15, 0.2) is 24.3 Å². The Bertz CT molecular complexity index is 390. The van der Waals surface area contributed by atoms with Crippen LogP contribution in [0.4, 0.5) is 0 Å². The van der Waals surface area contributed by atoms with E-state index in [0.717, 1.165) is 6.42 Å². The molecule has 0 fully saturated rings. The quantitative estimate of drug-likeness (QED) is 0.798. The van der Waals surface area contributed by atoms with Crippen molar-refractivity contribution in [1.82, 2.24) is 4.90 Å². The molecule has 0 heterocycles. The van der Waals surface area contributed by atoms with Crippen LogP contribution in [0, 0.1) is 11.3 Å². The van der Waals surface area contributed by atoms with Crippen LogP contribution in [0.1, 0.15) is 31.9 Å². The average Bonchev–Trinajstić information content (AvgIpc) is 2.25. The highest BCUT2D eigenvalue weighted by Crippen LogP contribution is 2.22. The lowest BCUT2D eigenvalue weighted by Crippen LogP contribution is -2.28. The summed E-state index contributed by atoms with van der Waals surface area (Å²) < 4.78 is 0. The lowest BCUT2D eigenvalue weighted by atomic mass is 9.86. The minimum Gasteiger partial charge on any atom is -0.294 e. The molecule has 1 atom stereocenters. The molecule has 0 aliphatic rings. The molecule has 92 valence electrons. The molecule has 2 nitrogen and oxygen atoms in total. The zero-order valence-electron chi connectivity index (χ0n) is 11.5. The standard InChI is InChI=1S/C15H22N2/c1-15(2,3)13-8-6-12(7-9-13)10-14(11-16)17(4)5/h6-9,14H,10H2,1-5H3. The summed E-state index contributed by atoms with van der Waals surface area (Å²) in [7, 11) is 3.88. The maximum Gasteiger partial charge on any atom is 0.101 e. The molecule has 0 aliphatic carbocycles. The maximum absolute atomic E-state index is 9.05. The molecule has 0 radical (unpaired) electrons. The second-order valence-electron chi connectivity index (χ2n) is 5.76. The van der Waals surface area contributed by atoms with Crippen molar-refractivity contribution >= 4 is 0 Å². The predicted molar refractivity (Wildman–Crippen MR) is 71.9 cm³/mol. The molecular formula is C15H22N2. The lowest BCUT2D eigenvalue weighted by Gasteiger charge is -2.20. The Morgan fingerprint density at radius 2 is 1.71 bits per heavy atom. The van der Waals surface area contributed by atoms with E-state index < -0.39 is 0 Å². The van der Waals surface area contributed by atoms with Crippen molar-refractivity contribution in [2.24, 2.45) is 0 Å². The fraction of sp³-hybridized carbons (Fsp3) is 0.533. The van der Waals surface area contributed by atoms with Gasteiger partial charge in [-0.15, -0.1) is 0 Å². The molecule has 2 heteroatoms. The molecule has 0 N–H and O–H groups in total. The van der Waals surface area contributed by atoms with Crippen LogP contribution in [0.5, 0.6) is 0 Å². The van der Waals surface area contributed by atoms with Crippen molar-refractivity contribution in [2.45, 2.75) is 38.6 Å². The molecule has 17 heavy (non-hydrogen) atoms. The van der Waals surface area contributed by atoms with Gasteiger partial charge in [-0.25, -0.2) is 0 Å². The molecule has 0 saturated carbocycles. The van der Waals surface area contributed by atoms with Gasteiger partial charge in [-0.1, -0.05) is 45.0 Å². The van der Waals surface area contributed by atoms with Gasteiger partial charge in [0.05, 0.1) is 6.07 Å². The van der Waals surface area contributed by atoms with Gasteiger partial charge in [0.25, 0.3) is 0 Å². The zero-order chi connectivity index (χ0) is 13.1. The summed E-state index contributed by atoms with van der Waals surface area (Å²) in [5.74, 6) is 0. The van der Waals surface area contributed by atoms with Crippen LogP contribution in [-0.2, 0) is 11.8 Å². The smallest absolute Gasteiger partial charge is 0.101 e. The fourth-order valence-electron chi connectivity index (χ4n) is 1.71. The highest BCUT2D eigenvalue weighted by Gasteiger charge is 2.14. The Morgan fingerprint density at radius 3 is 2.06 bits per heavy atom. The Hall–Kier alpha value is -1.33. The van der Waals surface area contributed by atoms with Crippen molar-refractivity contribution in [3.8, 4) is 6.07 Å². The summed E-state index contributed by atoms with van der Waals surface area (Å²) >= 11 is 0. The van der Waals surface area contributed by atoms with E-state index in [0.29, 0.717) is 0 Å². The molecular weight excluding hydrogens is 208 g/mol. The van der Waals surface area contributed by atoms with E-state index in [4.69, 9.17) is 5.26 Å². The average molecular weight is 230 g/mol. The number of hydrogen-bond acceptors (Lipinski definition) is 2. The molecule has 0 amide bonds. The van der Waals surface area contributed by atoms with Crippen molar-refractivity contribution in [1.29, 1.82) is 5.26 Å². The van der Waals surface area contributed by atoms with E-state index in [1.807, 2.05) is 19.0 Å². The van der Waals surface area contributed by atoms with Gasteiger partial charge in [0, 0.05) is 6.42 Å². The second-order valence-corrected chi connectivity index (χ2v) is 5.76. The van der Waals surface area contributed by atoms with E-state index in [9.17, 15) is 0 Å². The summed E-state index contributed by atoms with van der Waals surface area (Å²) in [6.45, 7) is 6.62. The topological polar surface area (TPSA) is 27.0 Å². The number of hydrogen-bond donors (Lipinski definition) is 0. The van der Waals surface area contributed by atoms with Crippen LogP contribution >= 0.6 is 0 Å². The third-order valence-corrected chi connectivity index (χ3v) is 3.02. The lowest BCUT2D eigenvalue weighted by molar-refractivity contribution is 0.348. The predicted octanol–water partition coefficient (Wildman–Crippen LogP) is 2.98. The van der Waals surface area contributed by atoms with Gasteiger partial charge in [0.15, 0.2) is 0 Å². The van der Waals surface area contributed by atoms with E-state index in [2.05, 4.69) is 51.1 Å². The van der Waals surface area contributed by atoms with Gasteiger partial charge < -0.3 is 0 Å². The Balaban J connectivity index is 2.79. The highest BCUT2D eigenvalue weighted by atomic mass is 15.1. The van der Waals surface area contributed by atoms with E-state index in [1.165, 1.54) is 11.1 Å². The number of nitriles is 1. The van der Waals surface area contributed by atoms with Crippen LogP contribution in [0.3, 0.4) is 0 Å². The summed E-state index contributed by atoms with van der Waals surface area (Å²) in [5, 5.41) is 9.05. The third kappa shape index (κ3) is 3.87. The first-order valence-corrected chi connectivity index (χ1v) is 6.00. The molecule has 1 aromatic rings. The molecule has 1 unspecified atom stereocenters. The number of nitrogens with zero attached hydrogens (tertiary/aromatic N) is 2. The number of likely N-dealkylation sites (N-methyl/N-ethyl adjacent to an activating group) is 1. The maximum atomic E-state index is 9.05. The van der Waals surface area contributed by atoms with E-state index in [1.54, 1.807) is 0 Å². The van der Waals surface area contributed by atoms with Gasteiger partial charge in [-0.05, 0) is 30.6 Å². The molecule has 1 aromatic carbocycles.